The zero-order valence-corrected chi connectivity index (χ0v) is 16.8. The predicted molar refractivity (Wildman–Crippen MR) is 104 cm³/mol. The summed E-state index contributed by atoms with van der Waals surface area (Å²) < 4.78 is 27.0. The Morgan fingerprint density at radius 1 is 1.23 bits per heavy atom. The van der Waals surface area contributed by atoms with Crippen LogP contribution in [0.4, 0.5) is 5.69 Å². The van der Waals surface area contributed by atoms with Crippen molar-refractivity contribution in [2.75, 3.05) is 12.4 Å². The summed E-state index contributed by atoms with van der Waals surface area (Å²) in [4.78, 5) is 12.3. The summed E-state index contributed by atoms with van der Waals surface area (Å²) in [6, 6.07) is 7.19. The van der Waals surface area contributed by atoms with Gasteiger partial charge in [-0.05, 0) is 38.9 Å². The average molecular weight is 399 g/mol. The quantitative estimate of drug-likeness (QED) is 0.778. The Labute approximate surface area is 158 Å². The second-order valence-electron chi connectivity index (χ2n) is 6.90. The van der Waals surface area contributed by atoms with E-state index < -0.39 is 15.6 Å². The van der Waals surface area contributed by atoms with Gasteiger partial charge in [-0.1, -0.05) is 35.9 Å². The van der Waals surface area contributed by atoms with Crippen LogP contribution in [0.25, 0.3) is 0 Å². The molecular weight excluding hydrogens is 376 g/mol. The molecule has 0 saturated carbocycles. The number of nitrogens with one attached hydrogen (secondary N) is 2. The monoisotopic (exact) mass is 398 g/mol. The van der Waals surface area contributed by atoms with Crippen molar-refractivity contribution in [3.8, 4) is 0 Å². The fraction of sp³-hybridized carbons (Fsp3) is 0.412. The molecule has 0 atom stereocenters. The molecule has 0 saturated heterocycles. The van der Waals surface area contributed by atoms with Crippen LogP contribution < -0.4 is 15.6 Å². The summed E-state index contributed by atoms with van der Waals surface area (Å²) >= 11 is 6.18. The lowest BCUT2D eigenvalue weighted by atomic mass is 10.1. The van der Waals surface area contributed by atoms with Gasteiger partial charge in [0, 0.05) is 6.54 Å². The zero-order chi connectivity index (χ0) is 19.5. The van der Waals surface area contributed by atoms with Gasteiger partial charge in [-0.2, -0.15) is 5.10 Å². The fourth-order valence-corrected chi connectivity index (χ4v) is 3.31. The van der Waals surface area contributed by atoms with E-state index in [1.807, 2.05) is 26.8 Å². The van der Waals surface area contributed by atoms with E-state index in [4.69, 9.17) is 11.6 Å². The molecule has 7 nitrogen and oxygen atoms in total. The molecule has 0 spiro atoms. The number of anilines is 1. The Morgan fingerprint density at radius 2 is 1.88 bits per heavy atom. The lowest BCUT2D eigenvalue weighted by molar-refractivity contribution is 0.338. The highest BCUT2D eigenvalue weighted by Crippen LogP contribution is 2.19. The minimum Gasteiger partial charge on any atom is -0.378 e. The number of hydrogen-bond acceptors (Lipinski definition) is 5. The number of hydrogen-bond donors (Lipinski definition) is 2. The van der Waals surface area contributed by atoms with Crippen LogP contribution in [-0.2, 0) is 27.9 Å². The van der Waals surface area contributed by atoms with Gasteiger partial charge in [0.05, 0.1) is 23.2 Å². The van der Waals surface area contributed by atoms with Crippen molar-refractivity contribution in [2.24, 2.45) is 0 Å². The van der Waals surface area contributed by atoms with Gasteiger partial charge in [0.25, 0.3) is 5.56 Å². The maximum absolute atomic E-state index is 12.3. The molecule has 0 aliphatic carbocycles. The Hall–Kier alpha value is -1.90. The van der Waals surface area contributed by atoms with Gasteiger partial charge in [0.15, 0.2) is 0 Å². The van der Waals surface area contributed by atoms with Crippen molar-refractivity contribution in [3.05, 3.63) is 57.0 Å². The van der Waals surface area contributed by atoms with Gasteiger partial charge in [0.2, 0.25) is 10.0 Å². The minimum atomic E-state index is -3.33. The number of nitrogens with zero attached hydrogens (tertiary/aromatic N) is 2. The Balaban J connectivity index is 2.17. The van der Waals surface area contributed by atoms with E-state index in [0.29, 0.717) is 17.8 Å². The molecule has 142 valence electrons. The molecule has 1 heterocycles. The number of aromatic nitrogens is 2. The number of sulfonamides is 1. The third-order valence-electron chi connectivity index (χ3n) is 3.70. The second kappa shape index (κ2) is 7.77. The molecule has 0 fully saturated rings. The van der Waals surface area contributed by atoms with Crippen LogP contribution >= 0.6 is 11.6 Å². The van der Waals surface area contributed by atoms with Gasteiger partial charge in [-0.25, -0.2) is 17.8 Å². The fourth-order valence-electron chi connectivity index (χ4n) is 2.35. The maximum Gasteiger partial charge on any atom is 0.288 e. The topological polar surface area (TPSA) is 93.1 Å². The molecule has 0 aliphatic heterocycles. The molecule has 0 unspecified atom stereocenters. The number of halogens is 1. The van der Waals surface area contributed by atoms with Crippen LogP contribution in [-0.4, -0.2) is 25.2 Å². The Bertz CT molecular complexity index is 949. The molecule has 26 heavy (non-hydrogen) atoms. The van der Waals surface area contributed by atoms with Crippen molar-refractivity contribution in [1.82, 2.24) is 14.5 Å². The highest BCUT2D eigenvalue weighted by atomic mass is 35.5. The average Bonchev–Trinajstić information content (AvgIpc) is 2.55. The first-order valence-electron chi connectivity index (χ1n) is 8.05. The molecule has 9 heteroatoms. The molecule has 1 aromatic carbocycles. The van der Waals surface area contributed by atoms with Gasteiger partial charge >= 0.3 is 0 Å². The van der Waals surface area contributed by atoms with Gasteiger partial charge < -0.3 is 5.32 Å². The van der Waals surface area contributed by atoms with E-state index in [-0.39, 0.29) is 16.3 Å². The van der Waals surface area contributed by atoms with Crippen molar-refractivity contribution >= 4 is 27.3 Å². The van der Waals surface area contributed by atoms with Crippen LogP contribution in [0.2, 0.25) is 5.02 Å². The summed E-state index contributed by atoms with van der Waals surface area (Å²) in [5.41, 5.74) is 1.14. The Morgan fingerprint density at radius 3 is 2.50 bits per heavy atom. The SMILES string of the molecule is CNS(=O)(=O)Cc1cccc(CNc2cnn(C(C)(C)C)c(=O)c2Cl)c1. The maximum atomic E-state index is 12.3. The van der Waals surface area contributed by atoms with Gasteiger partial charge in [0.1, 0.15) is 5.02 Å². The van der Waals surface area contributed by atoms with Crippen molar-refractivity contribution in [3.63, 3.8) is 0 Å². The van der Waals surface area contributed by atoms with Crippen LogP contribution in [0.5, 0.6) is 0 Å². The van der Waals surface area contributed by atoms with Crippen LogP contribution in [0.15, 0.2) is 35.3 Å². The smallest absolute Gasteiger partial charge is 0.288 e. The van der Waals surface area contributed by atoms with E-state index >= 15 is 0 Å². The van der Waals surface area contributed by atoms with Crippen molar-refractivity contribution < 1.29 is 8.42 Å². The second-order valence-corrected chi connectivity index (χ2v) is 9.20. The van der Waals surface area contributed by atoms with E-state index in [1.165, 1.54) is 17.9 Å². The molecule has 0 bridgehead atoms. The van der Waals surface area contributed by atoms with Crippen molar-refractivity contribution in [1.29, 1.82) is 0 Å². The zero-order valence-electron chi connectivity index (χ0n) is 15.2. The predicted octanol–water partition coefficient (Wildman–Crippen LogP) is 2.31. The standard InChI is InChI=1S/C17H23ClN4O3S/c1-17(2,3)22-16(23)15(18)14(10-21-22)20-9-12-6-5-7-13(8-12)11-26(24,25)19-4/h5-8,10,19-20H,9,11H2,1-4H3. The molecule has 2 aromatic rings. The normalized spacial score (nSPS) is 12.2. The summed E-state index contributed by atoms with van der Waals surface area (Å²) in [5, 5.41) is 7.32. The lowest BCUT2D eigenvalue weighted by Crippen LogP contribution is -2.36. The molecule has 0 amide bonds. The first-order valence-corrected chi connectivity index (χ1v) is 10.1. The van der Waals surface area contributed by atoms with E-state index in [2.05, 4.69) is 15.1 Å². The summed E-state index contributed by atoms with van der Waals surface area (Å²) in [5.74, 6) is -0.0960. The lowest BCUT2D eigenvalue weighted by Gasteiger charge is -2.21. The third kappa shape index (κ3) is 5.06. The molecule has 0 radical (unpaired) electrons. The van der Waals surface area contributed by atoms with Crippen LogP contribution in [0.1, 0.15) is 31.9 Å². The van der Waals surface area contributed by atoms with Gasteiger partial charge in [-0.15, -0.1) is 0 Å². The highest BCUT2D eigenvalue weighted by Gasteiger charge is 2.19. The number of benzene rings is 1. The van der Waals surface area contributed by atoms with Crippen LogP contribution in [0.3, 0.4) is 0 Å². The number of rotatable bonds is 6. The largest absolute Gasteiger partial charge is 0.378 e. The van der Waals surface area contributed by atoms with Gasteiger partial charge in [-0.3, -0.25) is 4.79 Å². The molecule has 0 aliphatic rings. The first kappa shape index (κ1) is 20.4. The van der Waals surface area contributed by atoms with E-state index in [0.717, 1.165) is 5.56 Å². The molecule has 2 rings (SSSR count). The third-order valence-corrected chi connectivity index (χ3v) is 5.40. The molecule has 2 N–H and O–H groups in total. The molecule has 1 aromatic heterocycles. The highest BCUT2D eigenvalue weighted by molar-refractivity contribution is 7.88. The summed E-state index contributed by atoms with van der Waals surface area (Å²) in [6.07, 6.45) is 1.52. The van der Waals surface area contributed by atoms with E-state index in [1.54, 1.807) is 18.2 Å². The summed E-state index contributed by atoms with van der Waals surface area (Å²) in [7, 11) is -1.95. The summed E-state index contributed by atoms with van der Waals surface area (Å²) in [6.45, 7) is 5.99. The van der Waals surface area contributed by atoms with E-state index in [9.17, 15) is 13.2 Å². The Kier molecular flexibility index (Phi) is 6.10. The van der Waals surface area contributed by atoms with Crippen molar-refractivity contribution in [2.45, 2.75) is 38.6 Å². The molecular formula is C17H23ClN4O3S. The minimum absolute atomic E-state index is 0.0730. The van der Waals surface area contributed by atoms with Crippen LogP contribution in [0, 0.1) is 0 Å². The first-order chi connectivity index (χ1) is 12.0.